The molecule has 0 saturated heterocycles. The van der Waals surface area contributed by atoms with Gasteiger partial charge in [-0.05, 0) is 19.1 Å². The van der Waals surface area contributed by atoms with Crippen LogP contribution in [0.5, 0.6) is 0 Å². The highest BCUT2D eigenvalue weighted by molar-refractivity contribution is 6.07. The molecule has 0 bridgehead atoms. The van der Waals surface area contributed by atoms with Crippen LogP contribution in [0.1, 0.15) is 6.92 Å². The molecule has 0 unspecified atom stereocenters. The highest BCUT2D eigenvalue weighted by Gasteiger charge is 2.05. The van der Waals surface area contributed by atoms with E-state index in [0.29, 0.717) is 11.3 Å². The molecule has 0 saturated carbocycles. The molecular formula is C12H14N2O2. The van der Waals surface area contributed by atoms with Crippen molar-refractivity contribution in [2.75, 3.05) is 12.4 Å². The molecule has 0 fully saturated rings. The summed E-state index contributed by atoms with van der Waals surface area (Å²) in [7, 11) is 1.52. The molecule has 4 nitrogen and oxygen atoms in total. The van der Waals surface area contributed by atoms with Crippen molar-refractivity contribution in [2.45, 2.75) is 6.92 Å². The van der Waals surface area contributed by atoms with Gasteiger partial charge in [0.05, 0.1) is 0 Å². The average molecular weight is 218 g/mol. The summed E-state index contributed by atoms with van der Waals surface area (Å²) in [4.78, 5) is 22.6. The van der Waals surface area contributed by atoms with Gasteiger partial charge in [-0.2, -0.15) is 0 Å². The third-order valence-corrected chi connectivity index (χ3v) is 1.98. The molecule has 0 aromatic heterocycles. The van der Waals surface area contributed by atoms with Crippen molar-refractivity contribution in [3.05, 3.63) is 42.0 Å². The van der Waals surface area contributed by atoms with Crippen LogP contribution < -0.4 is 10.6 Å². The molecule has 16 heavy (non-hydrogen) atoms. The predicted octanol–water partition coefficient (Wildman–Crippen LogP) is 1.32. The van der Waals surface area contributed by atoms with Gasteiger partial charge >= 0.3 is 0 Å². The summed E-state index contributed by atoms with van der Waals surface area (Å²) in [6.45, 7) is 1.59. The fourth-order valence-corrected chi connectivity index (χ4v) is 1.09. The first-order valence-corrected chi connectivity index (χ1v) is 4.90. The third kappa shape index (κ3) is 3.57. The highest BCUT2D eigenvalue weighted by Crippen LogP contribution is 2.06. The van der Waals surface area contributed by atoms with Gasteiger partial charge in [0.1, 0.15) is 0 Å². The number of para-hydroxylation sites is 1. The molecule has 0 spiro atoms. The van der Waals surface area contributed by atoms with E-state index in [4.69, 9.17) is 0 Å². The highest BCUT2D eigenvalue weighted by atomic mass is 16.2. The van der Waals surface area contributed by atoms with E-state index in [-0.39, 0.29) is 11.8 Å². The van der Waals surface area contributed by atoms with Crippen LogP contribution >= 0.6 is 0 Å². The summed E-state index contributed by atoms with van der Waals surface area (Å²) in [5, 5.41) is 5.10. The molecule has 0 atom stereocenters. The van der Waals surface area contributed by atoms with Crippen LogP contribution in [-0.4, -0.2) is 18.9 Å². The lowest BCUT2D eigenvalue weighted by molar-refractivity contribution is -0.117. The smallest absolute Gasteiger partial charge is 0.251 e. The van der Waals surface area contributed by atoms with Gasteiger partial charge in [0.15, 0.2) is 0 Å². The molecule has 4 heteroatoms. The van der Waals surface area contributed by atoms with Crippen LogP contribution in [0.4, 0.5) is 5.69 Å². The van der Waals surface area contributed by atoms with Gasteiger partial charge in [-0.15, -0.1) is 0 Å². The summed E-state index contributed by atoms with van der Waals surface area (Å²) in [5.41, 5.74) is 1.07. The molecule has 1 aromatic carbocycles. The third-order valence-electron chi connectivity index (χ3n) is 1.98. The van der Waals surface area contributed by atoms with Crippen LogP contribution in [0.15, 0.2) is 42.0 Å². The number of rotatable bonds is 3. The molecule has 84 valence electrons. The first kappa shape index (κ1) is 12.0. The quantitative estimate of drug-likeness (QED) is 0.752. The van der Waals surface area contributed by atoms with Gasteiger partial charge in [-0.25, -0.2) is 0 Å². The van der Waals surface area contributed by atoms with Crippen molar-refractivity contribution >= 4 is 17.5 Å². The Morgan fingerprint density at radius 1 is 1.19 bits per heavy atom. The summed E-state index contributed by atoms with van der Waals surface area (Å²) in [6, 6.07) is 9.08. The van der Waals surface area contributed by atoms with Gasteiger partial charge in [-0.1, -0.05) is 18.2 Å². The number of carbonyl (C=O) groups is 2. The molecule has 0 aliphatic rings. The van der Waals surface area contributed by atoms with Gasteiger partial charge in [-0.3, -0.25) is 9.59 Å². The Morgan fingerprint density at radius 3 is 2.38 bits per heavy atom. The van der Waals surface area contributed by atoms with E-state index in [2.05, 4.69) is 10.6 Å². The number of carbonyl (C=O) groups excluding carboxylic acids is 2. The van der Waals surface area contributed by atoms with E-state index in [1.54, 1.807) is 19.1 Å². The van der Waals surface area contributed by atoms with E-state index in [1.165, 1.54) is 13.1 Å². The fourth-order valence-electron chi connectivity index (χ4n) is 1.09. The zero-order valence-corrected chi connectivity index (χ0v) is 9.28. The average Bonchev–Trinajstić information content (AvgIpc) is 2.30. The normalized spacial score (nSPS) is 10.8. The van der Waals surface area contributed by atoms with Crippen molar-refractivity contribution in [2.24, 2.45) is 0 Å². The lowest BCUT2D eigenvalue weighted by Crippen LogP contribution is -2.18. The Kier molecular flexibility index (Phi) is 4.27. The second-order valence-electron chi connectivity index (χ2n) is 3.26. The maximum atomic E-state index is 11.6. The summed E-state index contributed by atoms with van der Waals surface area (Å²) >= 11 is 0. The number of anilines is 1. The Balaban J connectivity index is 2.66. The number of amides is 2. The predicted molar refractivity (Wildman–Crippen MR) is 62.9 cm³/mol. The maximum Gasteiger partial charge on any atom is 0.251 e. The summed E-state index contributed by atoms with van der Waals surface area (Å²) in [6.07, 6.45) is 1.26. The van der Waals surface area contributed by atoms with Crippen LogP contribution in [0.2, 0.25) is 0 Å². The number of benzene rings is 1. The monoisotopic (exact) mass is 218 g/mol. The SMILES string of the molecule is CNC(=O)/C=C(\C)C(=O)Nc1ccccc1. The van der Waals surface area contributed by atoms with Crippen molar-refractivity contribution in [1.29, 1.82) is 0 Å². The van der Waals surface area contributed by atoms with Gasteiger partial charge in [0.2, 0.25) is 5.91 Å². The minimum Gasteiger partial charge on any atom is -0.356 e. The Labute approximate surface area is 94.4 Å². The zero-order valence-electron chi connectivity index (χ0n) is 9.28. The van der Waals surface area contributed by atoms with Crippen molar-refractivity contribution < 1.29 is 9.59 Å². The standard InChI is InChI=1S/C12H14N2O2/c1-9(8-11(15)13-2)12(16)14-10-6-4-3-5-7-10/h3-8H,1-2H3,(H,13,15)(H,14,16)/b9-8+. The minimum absolute atomic E-state index is 0.283. The van der Waals surface area contributed by atoms with Gasteiger partial charge in [0.25, 0.3) is 5.91 Å². The number of nitrogens with one attached hydrogen (secondary N) is 2. The van der Waals surface area contributed by atoms with Crippen LogP contribution in [0.25, 0.3) is 0 Å². The topological polar surface area (TPSA) is 58.2 Å². The minimum atomic E-state index is -0.291. The summed E-state index contributed by atoms with van der Waals surface area (Å²) < 4.78 is 0. The molecule has 0 aliphatic carbocycles. The number of hydrogen-bond acceptors (Lipinski definition) is 2. The van der Waals surface area contributed by atoms with Crippen LogP contribution in [0, 0.1) is 0 Å². The van der Waals surface area contributed by atoms with Gasteiger partial charge < -0.3 is 10.6 Å². The number of likely N-dealkylation sites (N-methyl/N-ethyl adjacent to an activating group) is 1. The van der Waals surface area contributed by atoms with E-state index in [0.717, 1.165) is 0 Å². The van der Waals surface area contributed by atoms with E-state index in [9.17, 15) is 9.59 Å². The first-order valence-electron chi connectivity index (χ1n) is 4.90. The Morgan fingerprint density at radius 2 is 1.81 bits per heavy atom. The maximum absolute atomic E-state index is 11.6. The van der Waals surface area contributed by atoms with Crippen LogP contribution in [-0.2, 0) is 9.59 Å². The van der Waals surface area contributed by atoms with Crippen molar-refractivity contribution in [3.63, 3.8) is 0 Å². The summed E-state index contributed by atoms with van der Waals surface area (Å²) in [5.74, 6) is -0.574. The molecule has 0 heterocycles. The van der Waals surface area contributed by atoms with Crippen molar-refractivity contribution in [3.8, 4) is 0 Å². The van der Waals surface area contributed by atoms with E-state index < -0.39 is 0 Å². The lowest BCUT2D eigenvalue weighted by Gasteiger charge is -2.04. The molecule has 0 radical (unpaired) electrons. The Bertz CT molecular complexity index is 410. The molecule has 0 aliphatic heterocycles. The molecular weight excluding hydrogens is 204 g/mol. The van der Waals surface area contributed by atoms with Crippen LogP contribution in [0.3, 0.4) is 0 Å². The van der Waals surface area contributed by atoms with E-state index in [1.807, 2.05) is 18.2 Å². The Hall–Kier alpha value is -2.10. The zero-order chi connectivity index (χ0) is 12.0. The fraction of sp³-hybridized carbons (Fsp3) is 0.167. The second kappa shape index (κ2) is 5.70. The first-order chi connectivity index (χ1) is 7.63. The lowest BCUT2D eigenvalue weighted by atomic mass is 10.2. The molecule has 2 N–H and O–H groups in total. The molecule has 2 amide bonds. The molecule has 1 aromatic rings. The number of hydrogen-bond donors (Lipinski definition) is 2. The second-order valence-corrected chi connectivity index (χ2v) is 3.26. The molecule has 1 rings (SSSR count). The largest absolute Gasteiger partial charge is 0.356 e. The van der Waals surface area contributed by atoms with E-state index >= 15 is 0 Å². The van der Waals surface area contributed by atoms with Crippen molar-refractivity contribution in [1.82, 2.24) is 5.32 Å². The van der Waals surface area contributed by atoms with Gasteiger partial charge in [0, 0.05) is 24.4 Å².